The summed E-state index contributed by atoms with van der Waals surface area (Å²) >= 11 is 6.15. The van der Waals surface area contributed by atoms with Gasteiger partial charge in [0.2, 0.25) is 0 Å². The summed E-state index contributed by atoms with van der Waals surface area (Å²) in [6.07, 6.45) is 2.88. The molecule has 2 N–H and O–H groups in total. The fourth-order valence-electron chi connectivity index (χ4n) is 3.60. The minimum absolute atomic E-state index is 0.150. The summed E-state index contributed by atoms with van der Waals surface area (Å²) < 4.78 is 33.8. The van der Waals surface area contributed by atoms with Gasteiger partial charge in [-0.2, -0.15) is 0 Å². The molecule has 2 heterocycles. The molecule has 2 fully saturated rings. The van der Waals surface area contributed by atoms with Gasteiger partial charge in [-0.1, -0.05) is 43.2 Å². The lowest BCUT2D eigenvalue weighted by atomic mass is 10.2. The van der Waals surface area contributed by atoms with Crippen molar-refractivity contribution in [1.82, 2.24) is 10.0 Å². The first-order valence-electron chi connectivity index (χ1n) is 9.96. The van der Waals surface area contributed by atoms with Crippen LogP contribution in [0.1, 0.15) is 31.0 Å². The zero-order chi connectivity index (χ0) is 21.6. The summed E-state index contributed by atoms with van der Waals surface area (Å²) in [7, 11) is -3.74. The van der Waals surface area contributed by atoms with E-state index in [1.54, 1.807) is 28.6 Å². The number of hydrogen-bond donors (Lipinski definition) is 2. The molecule has 0 spiro atoms. The molecule has 1 amide bonds. The second-order valence-electron chi connectivity index (χ2n) is 7.68. The highest BCUT2D eigenvalue weighted by molar-refractivity contribution is 9.10. The zero-order valence-electron chi connectivity index (χ0n) is 16.4. The highest BCUT2D eigenvalue weighted by Gasteiger charge is 2.32. The predicted molar refractivity (Wildman–Crippen MR) is 130 cm³/mol. The van der Waals surface area contributed by atoms with Crippen LogP contribution in [0.15, 0.2) is 57.9 Å². The van der Waals surface area contributed by atoms with E-state index < -0.39 is 10.0 Å². The van der Waals surface area contributed by atoms with Gasteiger partial charge in [0.05, 0.1) is 9.37 Å². The number of amides is 1. The number of rotatable bonds is 7. The summed E-state index contributed by atoms with van der Waals surface area (Å²) in [5, 5.41) is 4.37. The van der Waals surface area contributed by atoms with Gasteiger partial charge in [0.1, 0.15) is 11.2 Å². The Morgan fingerprint density at radius 2 is 1.84 bits per heavy atom. The summed E-state index contributed by atoms with van der Waals surface area (Å²) in [4.78, 5) is 11.7. The first kappa shape index (κ1) is 21.3. The van der Waals surface area contributed by atoms with Gasteiger partial charge in [0.25, 0.3) is 15.3 Å². The van der Waals surface area contributed by atoms with E-state index >= 15 is 0 Å². The van der Waals surface area contributed by atoms with E-state index in [4.69, 9.17) is 0 Å². The van der Waals surface area contributed by atoms with Crippen molar-refractivity contribution in [2.75, 3.05) is 10.8 Å². The number of nitrogens with zero attached hydrogens (tertiary/aromatic N) is 1. The fourth-order valence-corrected chi connectivity index (χ4v) is 8.07. The van der Waals surface area contributed by atoms with Crippen molar-refractivity contribution in [3.8, 4) is 0 Å². The molecule has 3 aromatic rings. The quantitative estimate of drug-likeness (QED) is 0.382. The number of hydrogen-bond acceptors (Lipinski definition) is 6. The van der Waals surface area contributed by atoms with Crippen LogP contribution in [0.25, 0.3) is 10.1 Å². The number of sulfonamides is 1. The molecule has 1 unspecified atom stereocenters. The first-order chi connectivity index (χ1) is 14.9. The second-order valence-corrected chi connectivity index (χ2v) is 12.2. The van der Waals surface area contributed by atoms with Crippen LogP contribution < -0.4 is 14.3 Å². The van der Waals surface area contributed by atoms with Gasteiger partial charge >= 0.3 is 0 Å². The van der Waals surface area contributed by atoms with Crippen LogP contribution in [0.3, 0.4) is 0 Å². The lowest BCUT2D eigenvalue weighted by Crippen LogP contribution is -2.32. The molecule has 1 aromatic heterocycles. The monoisotopic (exact) mass is 537 g/mol. The first-order valence-corrected chi connectivity index (χ1v) is 13.8. The Kier molecular flexibility index (Phi) is 5.76. The maximum atomic E-state index is 13.7. The smallest absolute Gasteiger partial charge is 0.295 e. The molecule has 1 saturated carbocycles. The van der Waals surface area contributed by atoms with Gasteiger partial charge in [0.15, 0.2) is 0 Å². The van der Waals surface area contributed by atoms with Crippen molar-refractivity contribution < 1.29 is 13.2 Å². The molecule has 5 rings (SSSR count). The standard InChI is InChI=1S/C21H20BrN3O3S3/c22-18-16-3-1-2-4-17(16)29-20(18)25(12-11-13-5-6-13)31(27,28)15-9-7-14(8-10-15)19-23-21(26)30-24-19/h1-4,7-10,13,19,24H,5-6,11-12H2,(H,23,26). The molecule has 1 atom stereocenters. The lowest BCUT2D eigenvalue weighted by molar-refractivity contribution is 0.259. The van der Waals surface area contributed by atoms with Crippen molar-refractivity contribution in [1.29, 1.82) is 0 Å². The molecule has 2 aromatic carbocycles. The Hall–Kier alpha value is -1.59. The minimum atomic E-state index is -3.74. The van der Waals surface area contributed by atoms with Crippen molar-refractivity contribution in [3.05, 3.63) is 58.6 Å². The second kappa shape index (κ2) is 8.40. The third-order valence-corrected chi connectivity index (χ3v) is 10.4. The van der Waals surface area contributed by atoms with Crippen molar-refractivity contribution in [2.24, 2.45) is 5.92 Å². The average molecular weight is 539 g/mol. The molecule has 1 aliphatic carbocycles. The van der Waals surface area contributed by atoms with Gasteiger partial charge in [-0.15, -0.1) is 11.3 Å². The molecular weight excluding hydrogens is 518 g/mol. The Morgan fingerprint density at radius 3 is 2.48 bits per heavy atom. The molecule has 1 aliphatic heterocycles. The minimum Gasteiger partial charge on any atom is -0.326 e. The molecule has 162 valence electrons. The van der Waals surface area contributed by atoms with Crippen LogP contribution >= 0.6 is 39.2 Å². The number of halogens is 1. The predicted octanol–water partition coefficient (Wildman–Crippen LogP) is 5.62. The number of fused-ring (bicyclic) bond motifs is 1. The average Bonchev–Trinajstić information content (AvgIpc) is 3.41. The van der Waals surface area contributed by atoms with E-state index in [2.05, 4.69) is 26.0 Å². The van der Waals surface area contributed by atoms with Gasteiger partial charge < -0.3 is 5.32 Å². The summed E-state index contributed by atoms with van der Waals surface area (Å²) in [5.41, 5.74) is 0.810. The zero-order valence-corrected chi connectivity index (χ0v) is 20.4. The van der Waals surface area contributed by atoms with Crippen LogP contribution in [-0.4, -0.2) is 20.2 Å². The number of nitrogens with one attached hydrogen (secondary N) is 2. The molecule has 6 nitrogen and oxygen atoms in total. The van der Waals surface area contributed by atoms with Crippen LogP contribution in [0.5, 0.6) is 0 Å². The summed E-state index contributed by atoms with van der Waals surface area (Å²) in [6, 6.07) is 14.7. The van der Waals surface area contributed by atoms with Gasteiger partial charge in [-0.05, 0) is 52.0 Å². The molecule has 31 heavy (non-hydrogen) atoms. The van der Waals surface area contributed by atoms with Crippen molar-refractivity contribution >= 4 is 69.6 Å². The van der Waals surface area contributed by atoms with Crippen LogP contribution in [-0.2, 0) is 10.0 Å². The van der Waals surface area contributed by atoms with Crippen LogP contribution in [0.4, 0.5) is 9.80 Å². The number of carbonyl (C=O) groups is 1. The lowest BCUT2D eigenvalue weighted by Gasteiger charge is -2.24. The van der Waals surface area contributed by atoms with Crippen molar-refractivity contribution in [3.63, 3.8) is 0 Å². The molecule has 0 radical (unpaired) electrons. The van der Waals surface area contributed by atoms with Gasteiger partial charge in [0, 0.05) is 28.6 Å². The van der Waals surface area contributed by atoms with Gasteiger partial charge in [-0.25, -0.2) is 13.1 Å². The summed E-state index contributed by atoms with van der Waals surface area (Å²) in [5.74, 6) is 0.614. The Morgan fingerprint density at radius 1 is 1.10 bits per heavy atom. The molecule has 0 bridgehead atoms. The number of anilines is 1. The highest BCUT2D eigenvalue weighted by Crippen LogP contribution is 2.44. The van der Waals surface area contributed by atoms with E-state index in [1.165, 1.54) is 24.2 Å². The Bertz CT molecular complexity index is 1240. The molecule has 2 aliphatic rings. The van der Waals surface area contributed by atoms with E-state index in [-0.39, 0.29) is 16.3 Å². The van der Waals surface area contributed by atoms with E-state index in [0.717, 1.165) is 38.5 Å². The molecule has 1 saturated heterocycles. The van der Waals surface area contributed by atoms with Crippen molar-refractivity contribution in [2.45, 2.75) is 30.3 Å². The Balaban J connectivity index is 1.50. The highest BCUT2D eigenvalue weighted by atomic mass is 79.9. The fraction of sp³-hybridized carbons (Fsp3) is 0.286. The number of carbonyl (C=O) groups excluding carboxylic acids is 1. The van der Waals surface area contributed by atoms with E-state index in [1.807, 2.05) is 24.3 Å². The third kappa shape index (κ3) is 4.23. The molecular formula is C21H20BrN3O3S3. The summed E-state index contributed by atoms with van der Waals surface area (Å²) in [6.45, 7) is 0.455. The maximum absolute atomic E-state index is 13.7. The number of benzene rings is 2. The van der Waals surface area contributed by atoms with Crippen LogP contribution in [0, 0.1) is 5.92 Å². The Labute approximate surface area is 197 Å². The molecule has 10 heteroatoms. The third-order valence-electron chi connectivity index (χ3n) is 5.51. The maximum Gasteiger partial charge on any atom is 0.295 e. The normalized spacial score (nSPS) is 19.0. The number of thiophene rings is 1. The largest absolute Gasteiger partial charge is 0.326 e. The SMILES string of the molecule is O=C1NC(c2ccc(S(=O)(=O)N(CCC3CC3)c3sc4ccccc4c3Br)cc2)NS1. The topological polar surface area (TPSA) is 78.5 Å². The van der Waals surface area contributed by atoms with Gasteiger partial charge in [-0.3, -0.25) is 9.10 Å². The van der Waals surface area contributed by atoms with Crippen LogP contribution in [0.2, 0.25) is 0 Å². The van der Waals surface area contributed by atoms with E-state index in [9.17, 15) is 13.2 Å². The van der Waals surface area contributed by atoms with E-state index in [0.29, 0.717) is 17.5 Å².